The fraction of sp³-hybridized carbons (Fsp3) is 0.938. The van der Waals surface area contributed by atoms with Crippen molar-refractivity contribution in [2.24, 2.45) is 11.8 Å². The van der Waals surface area contributed by atoms with Crippen LogP contribution in [0.15, 0.2) is 0 Å². The van der Waals surface area contributed by atoms with Gasteiger partial charge >= 0.3 is 0 Å². The molecule has 0 aromatic carbocycles. The number of hydrogen-bond acceptors (Lipinski definition) is 3. The third kappa shape index (κ3) is 3.70. The second-order valence-electron chi connectivity index (χ2n) is 6.76. The Labute approximate surface area is 117 Å². The van der Waals surface area contributed by atoms with E-state index in [1.165, 1.54) is 32.1 Å². The maximum absolute atomic E-state index is 9.87. The van der Waals surface area contributed by atoms with Gasteiger partial charge < -0.3 is 10.4 Å². The van der Waals surface area contributed by atoms with Crippen molar-refractivity contribution >= 4 is 0 Å². The molecule has 4 unspecified atom stereocenters. The highest BCUT2D eigenvalue weighted by Crippen LogP contribution is 2.34. The van der Waals surface area contributed by atoms with E-state index in [2.05, 4.69) is 18.3 Å². The average Bonchev–Trinajstić information content (AvgIpc) is 2.63. The minimum absolute atomic E-state index is 0.123. The van der Waals surface area contributed by atoms with Crippen LogP contribution in [0.4, 0.5) is 0 Å². The number of aliphatic hydroxyl groups is 1. The summed E-state index contributed by atoms with van der Waals surface area (Å²) in [5, 5.41) is 23.0. The first-order valence-electron chi connectivity index (χ1n) is 7.97. The van der Waals surface area contributed by atoms with Gasteiger partial charge in [0.1, 0.15) is 0 Å². The second kappa shape index (κ2) is 6.72. The maximum atomic E-state index is 9.87. The zero-order valence-electron chi connectivity index (χ0n) is 12.2. The van der Waals surface area contributed by atoms with Crippen LogP contribution in [0.25, 0.3) is 0 Å². The van der Waals surface area contributed by atoms with E-state index in [0.717, 1.165) is 25.7 Å². The molecule has 2 aliphatic carbocycles. The first-order valence-corrected chi connectivity index (χ1v) is 7.97. The van der Waals surface area contributed by atoms with Gasteiger partial charge in [0.25, 0.3) is 0 Å². The zero-order valence-corrected chi connectivity index (χ0v) is 12.2. The van der Waals surface area contributed by atoms with Crippen LogP contribution in [0.3, 0.4) is 0 Å². The van der Waals surface area contributed by atoms with E-state index in [-0.39, 0.29) is 24.1 Å². The lowest BCUT2D eigenvalue weighted by molar-refractivity contribution is 0.0813. The molecule has 0 saturated heterocycles. The summed E-state index contributed by atoms with van der Waals surface area (Å²) >= 11 is 0. The molecule has 2 fully saturated rings. The van der Waals surface area contributed by atoms with Crippen molar-refractivity contribution in [2.75, 3.05) is 6.61 Å². The molecule has 108 valence electrons. The zero-order chi connectivity index (χ0) is 13.7. The Bertz CT molecular complexity index is 325. The van der Waals surface area contributed by atoms with Crippen molar-refractivity contribution in [1.29, 1.82) is 5.26 Å². The van der Waals surface area contributed by atoms with Gasteiger partial charge in [0.15, 0.2) is 0 Å². The Morgan fingerprint density at radius 1 is 1.21 bits per heavy atom. The second-order valence-corrected chi connectivity index (χ2v) is 6.76. The summed E-state index contributed by atoms with van der Waals surface area (Å²) in [4.78, 5) is 0. The summed E-state index contributed by atoms with van der Waals surface area (Å²) in [6.07, 6.45) is 10.3. The van der Waals surface area contributed by atoms with E-state index in [1.54, 1.807) is 0 Å². The standard InChI is InChI=1S/C16H28N2O/c1-13-6-5-9-16(10-13,12-19)18-15-8-4-2-3-7-14(15)11-17/h13-15,18-19H,2-10,12H2,1H3. The minimum Gasteiger partial charge on any atom is -0.394 e. The van der Waals surface area contributed by atoms with E-state index in [1.807, 2.05) is 0 Å². The van der Waals surface area contributed by atoms with Crippen LogP contribution in [-0.4, -0.2) is 23.3 Å². The largest absolute Gasteiger partial charge is 0.394 e. The predicted molar refractivity (Wildman–Crippen MR) is 76.6 cm³/mol. The Hall–Kier alpha value is -0.590. The topological polar surface area (TPSA) is 56.0 Å². The molecule has 19 heavy (non-hydrogen) atoms. The van der Waals surface area contributed by atoms with E-state index in [0.29, 0.717) is 5.92 Å². The molecule has 0 aliphatic heterocycles. The van der Waals surface area contributed by atoms with Crippen LogP contribution in [-0.2, 0) is 0 Å². The molecule has 4 atom stereocenters. The van der Waals surface area contributed by atoms with Crippen molar-refractivity contribution in [3.05, 3.63) is 0 Å². The Morgan fingerprint density at radius 3 is 2.68 bits per heavy atom. The highest BCUT2D eigenvalue weighted by Gasteiger charge is 2.38. The molecule has 0 radical (unpaired) electrons. The van der Waals surface area contributed by atoms with Crippen molar-refractivity contribution in [3.8, 4) is 6.07 Å². The number of rotatable bonds is 3. The number of hydrogen-bond donors (Lipinski definition) is 2. The lowest BCUT2D eigenvalue weighted by Gasteiger charge is -2.43. The van der Waals surface area contributed by atoms with Gasteiger partial charge in [0.05, 0.1) is 18.6 Å². The van der Waals surface area contributed by atoms with Crippen molar-refractivity contribution in [2.45, 2.75) is 76.3 Å². The monoisotopic (exact) mass is 264 g/mol. The van der Waals surface area contributed by atoms with Crippen molar-refractivity contribution in [1.82, 2.24) is 5.32 Å². The normalized spacial score (nSPS) is 40.4. The first kappa shape index (κ1) is 14.8. The van der Waals surface area contributed by atoms with Gasteiger partial charge in [-0.1, -0.05) is 39.0 Å². The summed E-state index contributed by atoms with van der Waals surface area (Å²) in [6, 6.07) is 2.77. The Balaban J connectivity index is 2.05. The maximum Gasteiger partial charge on any atom is 0.0672 e. The summed E-state index contributed by atoms with van der Waals surface area (Å²) in [6.45, 7) is 2.49. The molecule has 0 aromatic heterocycles. The Morgan fingerprint density at radius 2 is 2.00 bits per heavy atom. The third-order valence-corrected chi connectivity index (χ3v) is 5.07. The van der Waals surface area contributed by atoms with Gasteiger partial charge in [-0.25, -0.2) is 0 Å². The number of aliphatic hydroxyl groups excluding tert-OH is 1. The van der Waals surface area contributed by atoms with E-state index in [9.17, 15) is 10.4 Å². The van der Waals surface area contributed by atoms with Gasteiger partial charge in [-0.3, -0.25) is 0 Å². The van der Waals surface area contributed by atoms with Crippen LogP contribution in [0, 0.1) is 23.2 Å². The van der Waals surface area contributed by atoms with Crippen LogP contribution in [0.2, 0.25) is 0 Å². The highest BCUT2D eigenvalue weighted by atomic mass is 16.3. The molecular weight excluding hydrogens is 236 g/mol. The molecule has 2 aliphatic rings. The van der Waals surface area contributed by atoms with Gasteiger partial charge in [-0.15, -0.1) is 0 Å². The quantitative estimate of drug-likeness (QED) is 0.770. The van der Waals surface area contributed by atoms with Gasteiger partial charge in [-0.05, 0) is 31.6 Å². The first-order chi connectivity index (χ1) is 9.19. The minimum atomic E-state index is -0.123. The highest BCUT2D eigenvalue weighted by molar-refractivity contribution is 5.00. The molecule has 3 heteroatoms. The van der Waals surface area contributed by atoms with Gasteiger partial charge in [-0.2, -0.15) is 5.26 Å². The molecule has 3 nitrogen and oxygen atoms in total. The Kier molecular flexibility index (Phi) is 5.24. The molecule has 0 heterocycles. The predicted octanol–water partition coefficient (Wildman–Crippen LogP) is 2.99. The average molecular weight is 264 g/mol. The molecule has 2 N–H and O–H groups in total. The molecule has 2 saturated carbocycles. The number of nitriles is 1. The van der Waals surface area contributed by atoms with Crippen molar-refractivity contribution in [3.63, 3.8) is 0 Å². The van der Waals surface area contributed by atoms with Crippen LogP contribution >= 0.6 is 0 Å². The number of nitrogens with zero attached hydrogens (tertiary/aromatic N) is 1. The van der Waals surface area contributed by atoms with Crippen LogP contribution in [0.1, 0.15) is 64.7 Å². The molecular formula is C16H28N2O. The van der Waals surface area contributed by atoms with E-state index in [4.69, 9.17) is 0 Å². The van der Waals surface area contributed by atoms with Gasteiger partial charge in [0, 0.05) is 11.6 Å². The number of nitrogens with one attached hydrogen (secondary N) is 1. The molecule has 0 bridgehead atoms. The van der Waals surface area contributed by atoms with Gasteiger partial charge in [0.2, 0.25) is 0 Å². The lowest BCUT2D eigenvalue weighted by Crippen LogP contribution is -2.56. The van der Waals surface area contributed by atoms with E-state index >= 15 is 0 Å². The summed E-state index contributed by atoms with van der Waals surface area (Å²) in [7, 11) is 0. The van der Waals surface area contributed by atoms with E-state index < -0.39 is 0 Å². The molecule has 0 spiro atoms. The fourth-order valence-electron chi connectivity index (χ4n) is 4.01. The summed E-state index contributed by atoms with van der Waals surface area (Å²) in [5.41, 5.74) is -0.123. The van der Waals surface area contributed by atoms with Crippen molar-refractivity contribution < 1.29 is 5.11 Å². The molecule has 0 amide bonds. The smallest absolute Gasteiger partial charge is 0.0672 e. The molecule has 0 aromatic rings. The summed E-state index contributed by atoms with van der Waals surface area (Å²) < 4.78 is 0. The summed E-state index contributed by atoms with van der Waals surface area (Å²) in [5.74, 6) is 0.808. The third-order valence-electron chi connectivity index (χ3n) is 5.07. The van der Waals surface area contributed by atoms with Crippen LogP contribution in [0.5, 0.6) is 0 Å². The SMILES string of the molecule is CC1CCCC(CO)(NC2CCCCCC2C#N)C1. The lowest BCUT2D eigenvalue weighted by atomic mass is 9.75. The molecule has 2 rings (SSSR count). The van der Waals surface area contributed by atoms with Crippen LogP contribution < -0.4 is 5.32 Å². The fourth-order valence-corrected chi connectivity index (χ4v) is 4.01.